The van der Waals surface area contributed by atoms with Gasteiger partial charge < -0.3 is 20.5 Å². The molecule has 2 atom stereocenters. The van der Waals surface area contributed by atoms with Gasteiger partial charge in [0.15, 0.2) is 0 Å². The summed E-state index contributed by atoms with van der Waals surface area (Å²) in [6.45, 7) is 1.15. The van der Waals surface area contributed by atoms with Crippen molar-refractivity contribution in [1.29, 1.82) is 0 Å². The van der Waals surface area contributed by atoms with Crippen LogP contribution in [-0.2, 0) is 4.74 Å². The molecule has 0 spiro atoms. The number of morpholine rings is 1. The Morgan fingerprint density at radius 3 is 3.00 bits per heavy atom. The van der Waals surface area contributed by atoms with E-state index in [2.05, 4.69) is 25.6 Å². The molecular formula is C16H18ClN5O3. The average Bonchev–Trinajstić information content (AvgIpc) is 2.67. The van der Waals surface area contributed by atoms with Gasteiger partial charge in [-0.25, -0.2) is 15.0 Å². The molecule has 1 aliphatic heterocycles. The largest absolute Gasteiger partial charge is 0.395 e. The van der Waals surface area contributed by atoms with Crippen molar-refractivity contribution >= 4 is 17.5 Å². The van der Waals surface area contributed by atoms with Gasteiger partial charge >= 0.3 is 0 Å². The molecule has 132 valence electrons. The zero-order valence-corrected chi connectivity index (χ0v) is 14.3. The second-order valence-corrected chi connectivity index (χ2v) is 5.90. The van der Waals surface area contributed by atoms with E-state index in [0.29, 0.717) is 24.5 Å². The molecule has 8 nitrogen and oxygen atoms in total. The lowest BCUT2D eigenvalue weighted by atomic mass is 10.0. The van der Waals surface area contributed by atoms with Crippen LogP contribution in [0, 0.1) is 0 Å². The van der Waals surface area contributed by atoms with Crippen LogP contribution in [0.2, 0.25) is 5.15 Å². The SMILES string of the molecule is CNC(=O)c1cc(-c2cc(C3OCCNC3CO)cc(Cl)n2)ncn1. The number of hydrogen-bond acceptors (Lipinski definition) is 7. The Kier molecular flexibility index (Phi) is 5.54. The highest BCUT2D eigenvalue weighted by Crippen LogP contribution is 2.29. The molecule has 3 N–H and O–H groups in total. The van der Waals surface area contributed by atoms with Crippen molar-refractivity contribution in [2.24, 2.45) is 0 Å². The fourth-order valence-corrected chi connectivity index (χ4v) is 2.92. The van der Waals surface area contributed by atoms with Gasteiger partial charge in [0.1, 0.15) is 23.3 Å². The topological polar surface area (TPSA) is 109 Å². The summed E-state index contributed by atoms with van der Waals surface area (Å²) >= 11 is 6.17. The summed E-state index contributed by atoms with van der Waals surface area (Å²) < 4.78 is 5.79. The Labute approximate surface area is 149 Å². The molecule has 2 unspecified atom stereocenters. The van der Waals surface area contributed by atoms with Crippen LogP contribution in [0.5, 0.6) is 0 Å². The van der Waals surface area contributed by atoms with E-state index in [-0.39, 0.29) is 35.5 Å². The van der Waals surface area contributed by atoms with Crippen LogP contribution in [0.3, 0.4) is 0 Å². The normalized spacial score (nSPS) is 20.3. The molecule has 9 heteroatoms. The van der Waals surface area contributed by atoms with E-state index in [1.54, 1.807) is 18.2 Å². The molecule has 0 bridgehead atoms. The molecule has 2 aromatic rings. The summed E-state index contributed by atoms with van der Waals surface area (Å²) in [5.74, 6) is -0.314. The van der Waals surface area contributed by atoms with Crippen LogP contribution in [0.15, 0.2) is 24.5 Å². The number of carbonyl (C=O) groups is 1. The first-order chi connectivity index (χ1) is 12.1. The van der Waals surface area contributed by atoms with Gasteiger partial charge in [-0.1, -0.05) is 11.6 Å². The molecule has 0 aromatic carbocycles. The Hall–Kier alpha value is -2.13. The smallest absolute Gasteiger partial charge is 0.269 e. The molecule has 1 fully saturated rings. The van der Waals surface area contributed by atoms with E-state index in [1.165, 1.54) is 13.4 Å². The Morgan fingerprint density at radius 1 is 1.40 bits per heavy atom. The first-order valence-corrected chi connectivity index (χ1v) is 8.18. The van der Waals surface area contributed by atoms with Gasteiger partial charge in [-0.05, 0) is 23.8 Å². The predicted octanol–water partition coefficient (Wildman–Crippen LogP) is 0.573. The zero-order valence-electron chi connectivity index (χ0n) is 13.6. The number of nitrogens with one attached hydrogen (secondary N) is 2. The van der Waals surface area contributed by atoms with Gasteiger partial charge in [-0.2, -0.15) is 0 Å². The fourth-order valence-electron chi connectivity index (χ4n) is 2.70. The molecule has 1 aliphatic rings. The predicted molar refractivity (Wildman–Crippen MR) is 91.2 cm³/mol. The molecule has 1 amide bonds. The number of halogens is 1. The number of aromatic nitrogens is 3. The molecule has 0 aliphatic carbocycles. The summed E-state index contributed by atoms with van der Waals surface area (Å²) in [5.41, 5.74) is 1.99. The number of pyridine rings is 1. The maximum Gasteiger partial charge on any atom is 0.269 e. The summed E-state index contributed by atoms with van der Waals surface area (Å²) in [6.07, 6.45) is 0.954. The maximum absolute atomic E-state index is 11.8. The van der Waals surface area contributed by atoms with Gasteiger partial charge in [0.05, 0.1) is 30.6 Å². The van der Waals surface area contributed by atoms with Crippen LogP contribution < -0.4 is 10.6 Å². The standard InChI is InChI=1S/C16H18ClN5O3/c1-18-16(24)12-6-10(20-8-21-12)11-4-9(5-14(17)22-11)15-13(7-23)19-2-3-25-15/h4-6,8,13,15,19,23H,2-3,7H2,1H3,(H,18,24). The van der Waals surface area contributed by atoms with Crippen molar-refractivity contribution in [3.63, 3.8) is 0 Å². The highest BCUT2D eigenvalue weighted by Gasteiger charge is 2.27. The van der Waals surface area contributed by atoms with Crippen molar-refractivity contribution in [3.8, 4) is 11.4 Å². The highest BCUT2D eigenvalue weighted by atomic mass is 35.5. The van der Waals surface area contributed by atoms with Gasteiger partial charge in [-0.3, -0.25) is 4.79 Å². The summed E-state index contributed by atoms with van der Waals surface area (Å²) in [4.78, 5) is 24.2. The van der Waals surface area contributed by atoms with Crippen molar-refractivity contribution in [2.75, 3.05) is 26.8 Å². The maximum atomic E-state index is 11.8. The van der Waals surface area contributed by atoms with E-state index in [0.717, 1.165) is 5.56 Å². The number of aliphatic hydroxyl groups is 1. The minimum absolute atomic E-state index is 0.0612. The minimum atomic E-state index is -0.349. The van der Waals surface area contributed by atoms with Gasteiger partial charge in [0, 0.05) is 13.6 Å². The van der Waals surface area contributed by atoms with Crippen LogP contribution >= 0.6 is 11.6 Å². The summed E-state index contributed by atoms with van der Waals surface area (Å²) in [7, 11) is 1.53. The van der Waals surface area contributed by atoms with E-state index in [9.17, 15) is 9.90 Å². The molecule has 0 radical (unpaired) electrons. The third kappa shape index (κ3) is 3.93. The highest BCUT2D eigenvalue weighted by molar-refractivity contribution is 6.29. The molecular weight excluding hydrogens is 346 g/mol. The fraction of sp³-hybridized carbons (Fsp3) is 0.375. The van der Waals surface area contributed by atoms with E-state index in [4.69, 9.17) is 16.3 Å². The average molecular weight is 364 g/mol. The number of amides is 1. The quantitative estimate of drug-likeness (QED) is 0.681. The molecule has 3 heterocycles. The van der Waals surface area contributed by atoms with Crippen LogP contribution in [0.1, 0.15) is 22.2 Å². The second kappa shape index (κ2) is 7.83. The summed E-state index contributed by atoms with van der Waals surface area (Å²) in [6, 6.07) is 4.81. The monoisotopic (exact) mass is 363 g/mol. The van der Waals surface area contributed by atoms with Gasteiger partial charge in [0.2, 0.25) is 0 Å². The van der Waals surface area contributed by atoms with Crippen LogP contribution in [0.4, 0.5) is 0 Å². The molecule has 0 saturated carbocycles. The Morgan fingerprint density at radius 2 is 2.24 bits per heavy atom. The molecule has 1 saturated heterocycles. The van der Waals surface area contributed by atoms with Gasteiger partial charge in [-0.15, -0.1) is 0 Å². The van der Waals surface area contributed by atoms with Crippen molar-refractivity contribution in [1.82, 2.24) is 25.6 Å². The number of hydrogen-bond donors (Lipinski definition) is 3. The Bertz CT molecular complexity index is 773. The molecule has 2 aromatic heterocycles. The first kappa shape index (κ1) is 17.7. The number of rotatable bonds is 4. The number of nitrogens with zero attached hydrogens (tertiary/aromatic N) is 3. The van der Waals surface area contributed by atoms with Crippen LogP contribution in [-0.4, -0.2) is 58.8 Å². The number of aliphatic hydroxyl groups excluding tert-OH is 1. The third-order valence-electron chi connectivity index (χ3n) is 3.90. The van der Waals surface area contributed by atoms with Crippen molar-refractivity contribution in [3.05, 3.63) is 40.9 Å². The lowest BCUT2D eigenvalue weighted by molar-refractivity contribution is -0.0210. The Balaban J connectivity index is 1.98. The minimum Gasteiger partial charge on any atom is -0.395 e. The van der Waals surface area contributed by atoms with Crippen molar-refractivity contribution in [2.45, 2.75) is 12.1 Å². The van der Waals surface area contributed by atoms with E-state index >= 15 is 0 Å². The lowest BCUT2D eigenvalue weighted by Gasteiger charge is -2.32. The first-order valence-electron chi connectivity index (χ1n) is 7.80. The van der Waals surface area contributed by atoms with Crippen LogP contribution in [0.25, 0.3) is 11.4 Å². The second-order valence-electron chi connectivity index (χ2n) is 5.51. The van der Waals surface area contributed by atoms with E-state index < -0.39 is 0 Å². The number of carbonyl (C=O) groups excluding carboxylic acids is 1. The summed E-state index contributed by atoms with van der Waals surface area (Å²) in [5, 5.41) is 15.5. The number of ether oxygens (including phenoxy) is 1. The van der Waals surface area contributed by atoms with Crippen molar-refractivity contribution < 1.29 is 14.6 Å². The molecule has 25 heavy (non-hydrogen) atoms. The zero-order chi connectivity index (χ0) is 17.8. The lowest BCUT2D eigenvalue weighted by Crippen LogP contribution is -2.45. The third-order valence-corrected chi connectivity index (χ3v) is 4.10. The molecule has 3 rings (SSSR count). The van der Waals surface area contributed by atoms with E-state index in [1.807, 2.05) is 0 Å². The van der Waals surface area contributed by atoms with Gasteiger partial charge in [0.25, 0.3) is 5.91 Å².